The highest BCUT2D eigenvalue weighted by atomic mass is 79.9. The van der Waals surface area contributed by atoms with Crippen LogP contribution in [0.5, 0.6) is 0 Å². The Morgan fingerprint density at radius 3 is 2.38 bits per heavy atom. The second-order valence-corrected chi connectivity index (χ2v) is 5.80. The van der Waals surface area contributed by atoms with E-state index in [9.17, 15) is 18.8 Å². The van der Waals surface area contributed by atoms with Crippen molar-refractivity contribution < 1.29 is 23.5 Å². The molecule has 0 aliphatic rings. The Labute approximate surface area is 145 Å². The fraction of sp³-hybridized carbons (Fsp3) is 0.118. The topological polar surface area (TPSA) is 72.5 Å². The van der Waals surface area contributed by atoms with E-state index in [1.54, 1.807) is 24.3 Å². The lowest BCUT2D eigenvalue weighted by molar-refractivity contribution is -0.114. The van der Waals surface area contributed by atoms with E-state index in [0.29, 0.717) is 0 Å². The fourth-order valence-electron chi connectivity index (χ4n) is 1.90. The Hall–Kier alpha value is -2.54. The van der Waals surface area contributed by atoms with Crippen LogP contribution in [0.25, 0.3) is 0 Å². The van der Waals surface area contributed by atoms with Crippen molar-refractivity contribution in [3.8, 4) is 0 Å². The molecule has 0 aliphatic carbocycles. The van der Waals surface area contributed by atoms with Gasteiger partial charge in [-0.3, -0.25) is 9.59 Å². The normalized spacial score (nSPS) is 10.1. The summed E-state index contributed by atoms with van der Waals surface area (Å²) < 4.78 is 19.6. The van der Waals surface area contributed by atoms with Crippen LogP contribution in [0, 0.1) is 5.82 Å². The van der Waals surface area contributed by atoms with E-state index >= 15 is 0 Å². The third kappa shape index (κ3) is 4.73. The molecule has 0 aliphatic heterocycles. The molecule has 0 heterocycles. The number of halogens is 2. The van der Waals surface area contributed by atoms with E-state index in [4.69, 9.17) is 4.74 Å². The van der Waals surface area contributed by atoms with Gasteiger partial charge in [0.1, 0.15) is 5.82 Å². The molecule has 0 aromatic heterocycles. The van der Waals surface area contributed by atoms with Crippen LogP contribution >= 0.6 is 15.9 Å². The van der Waals surface area contributed by atoms with Crippen LogP contribution < -0.4 is 5.32 Å². The number of benzene rings is 2. The number of carbonyl (C=O) groups excluding carboxylic acids is 3. The number of nitrogens with one attached hydrogen (secondary N) is 1. The van der Waals surface area contributed by atoms with E-state index in [2.05, 4.69) is 21.2 Å². The van der Waals surface area contributed by atoms with Gasteiger partial charge in [0.05, 0.1) is 11.1 Å². The SMILES string of the molecule is CC(=O)Nc1ccc(C(=O)COC(=O)c2ccc(Br)cc2)c(F)c1. The lowest BCUT2D eigenvalue weighted by Gasteiger charge is -2.07. The van der Waals surface area contributed by atoms with E-state index in [-0.39, 0.29) is 22.7 Å². The molecular weight excluding hydrogens is 381 g/mol. The van der Waals surface area contributed by atoms with E-state index in [1.807, 2.05) is 0 Å². The summed E-state index contributed by atoms with van der Waals surface area (Å²) in [5.41, 5.74) is 0.309. The summed E-state index contributed by atoms with van der Waals surface area (Å²) in [6, 6.07) is 10.1. The molecule has 0 unspecified atom stereocenters. The zero-order valence-electron chi connectivity index (χ0n) is 12.6. The molecule has 7 heteroatoms. The molecule has 1 amide bonds. The first kappa shape index (κ1) is 17.8. The first-order valence-corrected chi connectivity index (χ1v) is 7.69. The summed E-state index contributed by atoms with van der Waals surface area (Å²) in [7, 11) is 0. The molecule has 0 bridgehead atoms. The summed E-state index contributed by atoms with van der Waals surface area (Å²) in [6.45, 7) is 0.712. The number of amides is 1. The monoisotopic (exact) mass is 393 g/mol. The Bertz CT molecular complexity index is 790. The first-order valence-electron chi connectivity index (χ1n) is 6.90. The van der Waals surface area contributed by atoms with E-state index < -0.39 is 24.2 Å². The molecule has 124 valence electrons. The van der Waals surface area contributed by atoms with Crippen molar-refractivity contribution in [2.75, 3.05) is 11.9 Å². The quantitative estimate of drug-likeness (QED) is 0.622. The second-order valence-electron chi connectivity index (χ2n) is 4.88. The minimum atomic E-state index is -0.800. The fourth-order valence-corrected chi connectivity index (χ4v) is 2.16. The van der Waals surface area contributed by atoms with E-state index in [1.165, 1.54) is 19.1 Å². The van der Waals surface area contributed by atoms with Crippen molar-refractivity contribution >= 4 is 39.3 Å². The van der Waals surface area contributed by atoms with Crippen LogP contribution in [0.15, 0.2) is 46.9 Å². The van der Waals surface area contributed by atoms with E-state index in [0.717, 1.165) is 10.5 Å². The van der Waals surface area contributed by atoms with Crippen LogP contribution in [0.2, 0.25) is 0 Å². The number of ketones is 1. The van der Waals surface area contributed by atoms with Gasteiger partial charge in [-0.15, -0.1) is 0 Å². The summed E-state index contributed by atoms with van der Waals surface area (Å²) in [5, 5.41) is 2.41. The highest BCUT2D eigenvalue weighted by molar-refractivity contribution is 9.10. The van der Waals surface area contributed by atoms with Crippen molar-refractivity contribution in [1.29, 1.82) is 0 Å². The molecule has 5 nitrogen and oxygen atoms in total. The van der Waals surface area contributed by atoms with Gasteiger partial charge in [0.25, 0.3) is 0 Å². The zero-order valence-corrected chi connectivity index (χ0v) is 14.2. The summed E-state index contributed by atoms with van der Waals surface area (Å²) in [5.74, 6) is -2.50. The number of Topliss-reactive ketones (excluding diaryl/α,β-unsaturated/α-hetero) is 1. The third-order valence-corrected chi connectivity index (χ3v) is 3.53. The number of esters is 1. The largest absolute Gasteiger partial charge is 0.454 e. The molecule has 0 saturated carbocycles. The van der Waals surface area contributed by atoms with Gasteiger partial charge in [-0.05, 0) is 42.5 Å². The molecule has 0 spiro atoms. The molecule has 0 atom stereocenters. The predicted molar refractivity (Wildman–Crippen MR) is 89.5 cm³/mol. The van der Waals surface area contributed by atoms with Crippen LogP contribution in [-0.2, 0) is 9.53 Å². The van der Waals surface area contributed by atoms with Gasteiger partial charge >= 0.3 is 5.97 Å². The van der Waals surface area contributed by atoms with Gasteiger partial charge in [0, 0.05) is 17.1 Å². The standard InChI is InChI=1S/C17H13BrFNO4/c1-10(21)20-13-6-7-14(15(19)8-13)16(22)9-24-17(23)11-2-4-12(18)5-3-11/h2-8H,9H2,1H3,(H,20,21). The maximum Gasteiger partial charge on any atom is 0.338 e. The molecule has 0 saturated heterocycles. The lowest BCUT2D eigenvalue weighted by atomic mass is 10.1. The van der Waals surface area contributed by atoms with Crippen molar-refractivity contribution in [3.63, 3.8) is 0 Å². The van der Waals surface area contributed by atoms with Crippen LogP contribution in [0.1, 0.15) is 27.6 Å². The van der Waals surface area contributed by atoms with Crippen molar-refractivity contribution in [2.24, 2.45) is 0 Å². The number of hydrogen-bond donors (Lipinski definition) is 1. The van der Waals surface area contributed by atoms with Crippen molar-refractivity contribution in [2.45, 2.75) is 6.92 Å². The van der Waals surface area contributed by atoms with Gasteiger partial charge in [0.15, 0.2) is 6.61 Å². The molecule has 2 aromatic rings. The van der Waals surface area contributed by atoms with Gasteiger partial charge in [-0.1, -0.05) is 15.9 Å². The van der Waals surface area contributed by atoms with Gasteiger partial charge < -0.3 is 10.1 Å². The maximum absolute atomic E-state index is 13.9. The molecule has 0 radical (unpaired) electrons. The van der Waals surface area contributed by atoms with Gasteiger partial charge in [-0.25, -0.2) is 9.18 Å². The minimum absolute atomic E-state index is 0.215. The molecule has 0 fully saturated rings. The maximum atomic E-state index is 13.9. The number of hydrogen-bond acceptors (Lipinski definition) is 4. The van der Waals surface area contributed by atoms with Crippen LogP contribution in [0.4, 0.5) is 10.1 Å². The molecule has 2 aromatic carbocycles. The highest BCUT2D eigenvalue weighted by Crippen LogP contribution is 2.16. The minimum Gasteiger partial charge on any atom is -0.454 e. The smallest absolute Gasteiger partial charge is 0.338 e. The van der Waals surface area contributed by atoms with Crippen LogP contribution in [0.3, 0.4) is 0 Å². The summed E-state index contributed by atoms with van der Waals surface area (Å²) in [6.07, 6.45) is 0. The molecule has 24 heavy (non-hydrogen) atoms. The third-order valence-electron chi connectivity index (χ3n) is 3.00. The predicted octanol–water partition coefficient (Wildman–Crippen LogP) is 3.59. The lowest BCUT2D eigenvalue weighted by Crippen LogP contribution is -2.16. The molecule has 2 rings (SSSR count). The van der Waals surface area contributed by atoms with Gasteiger partial charge in [-0.2, -0.15) is 0 Å². The van der Waals surface area contributed by atoms with Crippen molar-refractivity contribution in [3.05, 3.63) is 63.9 Å². The number of anilines is 1. The second kappa shape index (κ2) is 7.83. The number of ether oxygens (including phenoxy) is 1. The Morgan fingerprint density at radius 1 is 1.12 bits per heavy atom. The Balaban J connectivity index is 2.00. The van der Waals surface area contributed by atoms with Gasteiger partial charge in [0.2, 0.25) is 11.7 Å². The summed E-state index contributed by atoms with van der Waals surface area (Å²) >= 11 is 3.24. The van der Waals surface area contributed by atoms with Crippen LogP contribution in [-0.4, -0.2) is 24.3 Å². The van der Waals surface area contributed by atoms with Crippen molar-refractivity contribution in [1.82, 2.24) is 0 Å². The number of rotatable bonds is 5. The molecular formula is C17H13BrFNO4. The zero-order chi connectivity index (χ0) is 17.7. The molecule has 1 N–H and O–H groups in total. The average Bonchev–Trinajstić information content (AvgIpc) is 2.52. The first-order chi connectivity index (χ1) is 11.4. The summed E-state index contributed by atoms with van der Waals surface area (Å²) in [4.78, 5) is 34.7. The Morgan fingerprint density at radius 2 is 1.79 bits per heavy atom. The average molecular weight is 394 g/mol. The highest BCUT2D eigenvalue weighted by Gasteiger charge is 2.16. The Kier molecular flexibility index (Phi) is 5.81. The number of carbonyl (C=O) groups is 3.